The number of sulfonamides is 1. The summed E-state index contributed by atoms with van der Waals surface area (Å²) in [7, 11) is -3.75. The predicted molar refractivity (Wildman–Crippen MR) is 102 cm³/mol. The molecule has 1 atom stereocenters. The average Bonchev–Trinajstić information content (AvgIpc) is 2.63. The van der Waals surface area contributed by atoms with E-state index in [0.29, 0.717) is 0 Å². The molecule has 1 N–H and O–H groups in total. The summed E-state index contributed by atoms with van der Waals surface area (Å²) >= 11 is 0. The second-order valence-corrected chi connectivity index (χ2v) is 7.98. The van der Waals surface area contributed by atoms with Crippen LogP contribution in [0.5, 0.6) is 0 Å². The Labute approximate surface area is 153 Å². The maximum absolute atomic E-state index is 13.9. The van der Waals surface area contributed by atoms with Crippen molar-refractivity contribution in [1.82, 2.24) is 4.72 Å². The van der Waals surface area contributed by atoms with Crippen molar-refractivity contribution in [2.45, 2.75) is 18.7 Å². The normalized spacial score (nSPS) is 12.7. The summed E-state index contributed by atoms with van der Waals surface area (Å²) in [5.41, 5.74) is 2.90. The first kappa shape index (κ1) is 18.3. The molecule has 0 radical (unpaired) electrons. The van der Waals surface area contributed by atoms with Gasteiger partial charge in [-0.05, 0) is 24.1 Å². The van der Waals surface area contributed by atoms with Crippen LogP contribution in [-0.2, 0) is 15.8 Å². The molecule has 3 rings (SSSR count). The van der Waals surface area contributed by atoms with E-state index >= 15 is 0 Å². The van der Waals surface area contributed by atoms with E-state index in [2.05, 4.69) is 4.72 Å². The highest BCUT2D eigenvalue weighted by Gasteiger charge is 2.22. The number of rotatable bonds is 6. The monoisotopic (exact) mass is 369 g/mol. The zero-order valence-corrected chi connectivity index (χ0v) is 15.2. The Kier molecular flexibility index (Phi) is 5.49. The van der Waals surface area contributed by atoms with Crippen molar-refractivity contribution < 1.29 is 12.8 Å². The zero-order valence-electron chi connectivity index (χ0n) is 14.4. The Hall–Kier alpha value is -2.50. The number of hydrogen-bond acceptors (Lipinski definition) is 2. The largest absolute Gasteiger partial charge is 0.216 e. The molecule has 134 valence electrons. The Balaban J connectivity index is 1.92. The molecule has 0 fully saturated rings. The fourth-order valence-corrected chi connectivity index (χ4v) is 4.13. The van der Waals surface area contributed by atoms with Crippen LogP contribution in [0.2, 0.25) is 0 Å². The summed E-state index contributed by atoms with van der Waals surface area (Å²) in [6, 6.07) is 22.4. The van der Waals surface area contributed by atoms with Gasteiger partial charge in [0.2, 0.25) is 10.0 Å². The number of aryl methyl sites for hydroxylation is 1. The molecule has 0 saturated heterocycles. The van der Waals surface area contributed by atoms with E-state index in [0.717, 1.165) is 16.7 Å². The Morgan fingerprint density at radius 3 is 2.08 bits per heavy atom. The van der Waals surface area contributed by atoms with Gasteiger partial charge in [0.15, 0.2) is 0 Å². The molecule has 3 nitrogen and oxygen atoms in total. The Bertz CT molecular complexity index is 970. The van der Waals surface area contributed by atoms with Gasteiger partial charge >= 0.3 is 0 Å². The molecule has 0 amide bonds. The van der Waals surface area contributed by atoms with Gasteiger partial charge in [-0.1, -0.05) is 78.4 Å². The van der Waals surface area contributed by atoms with Crippen LogP contribution in [-0.4, -0.2) is 8.42 Å². The smallest absolute Gasteiger partial charge is 0.212 e. The third-order valence-corrected chi connectivity index (χ3v) is 5.43. The van der Waals surface area contributed by atoms with Gasteiger partial charge in [0, 0.05) is 5.56 Å². The van der Waals surface area contributed by atoms with Gasteiger partial charge in [0.05, 0.1) is 11.8 Å². The molecule has 0 aliphatic rings. The van der Waals surface area contributed by atoms with Crippen molar-refractivity contribution in [2.24, 2.45) is 0 Å². The van der Waals surface area contributed by atoms with Gasteiger partial charge in [-0.25, -0.2) is 17.5 Å². The molecule has 0 spiro atoms. The van der Waals surface area contributed by atoms with Crippen LogP contribution in [0, 0.1) is 12.7 Å². The van der Waals surface area contributed by atoms with Crippen molar-refractivity contribution >= 4 is 10.0 Å². The lowest BCUT2D eigenvalue weighted by molar-refractivity contribution is 0.566. The first-order chi connectivity index (χ1) is 12.4. The first-order valence-electron chi connectivity index (χ1n) is 8.29. The molecule has 3 aromatic rings. The van der Waals surface area contributed by atoms with E-state index in [1.54, 1.807) is 6.07 Å². The van der Waals surface area contributed by atoms with E-state index in [1.165, 1.54) is 18.2 Å². The van der Waals surface area contributed by atoms with Gasteiger partial charge in [0.25, 0.3) is 0 Å². The van der Waals surface area contributed by atoms with E-state index in [1.807, 2.05) is 61.5 Å². The molecule has 0 heterocycles. The molecule has 0 saturated carbocycles. The van der Waals surface area contributed by atoms with Crippen LogP contribution in [0.25, 0.3) is 0 Å². The van der Waals surface area contributed by atoms with Crippen LogP contribution < -0.4 is 4.72 Å². The second kappa shape index (κ2) is 7.81. The summed E-state index contributed by atoms with van der Waals surface area (Å²) in [5, 5.41) is 0. The summed E-state index contributed by atoms with van der Waals surface area (Å²) < 4.78 is 42.0. The Morgan fingerprint density at radius 2 is 1.42 bits per heavy atom. The molecule has 0 bridgehead atoms. The highest BCUT2D eigenvalue weighted by molar-refractivity contribution is 7.88. The second-order valence-electron chi connectivity index (χ2n) is 6.22. The van der Waals surface area contributed by atoms with E-state index in [9.17, 15) is 12.8 Å². The van der Waals surface area contributed by atoms with Crippen molar-refractivity contribution in [3.63, 3.8) is 0 Å². The van der Waals surface area contributed by atoms with Crippen molar-refractivity contribution in [3.8, 4) is 0 Å². The van der Waals surface area contributed by atoms with Crippen LogP contribution in [0.15, 0.2) is 78.9 Å². The molecular weight excluding hydrogens is 349 g/mol. The van der Waals surface area contributed by atoms with Gasteiger partial charge in [-0.2, -0.15) is 0 Å². The van der Waals surface area contributed by atoms with Crippen molar-refractivity contribution in [2.75, 3.05) is 0 Å². The zero-order chi connectivity index (χ0) is 18.6. The average molecular weight is 369 g/mol. The van der Waals surface area contributed by atoms with E-state index < -0.39 is 27.6 Å². The lowest BCUT2D eigenvalue weighted by atomic mass is 9.99. The van der Waals surface area contributed by atoms with Crippen molar-refractivity contribution in [1.29, 1.82) is 0 Å². The third-order valence-electron chi connectivity index (χ3n) is 4.14. The van der Waals surface area contributed by atoms with Gasteiger partial charge < -0.3 is 0 Å². The standard InChI is InChI=1S/C21H20FNO2S/c1-16-11-13-18(14-12-16)21(17-7-3-2-4-8-17)23-26(24,25)15-19-9-5-6-10-20(19)22/h2-14,21,23H,15H2,1H3. The molecule has 3 aromatic carbocycles. The molecule has 5 heteroatoms. The van der Waals surface area contributed by atoms with Crippen molar-refractivity contribution in [3.05, 3.63) is 107 Å². The van der Waals surface area contributed by atoms with Crippen LogP contribution in [0.1, 0.15) is 28.3 Å². The number of halogens is 1. The molecular formula is C21H20FNO2S. The molecule has 0 aromatic heterocycles. The minimum absolute atomic E-state index is 0.149. The summed E-state index contributed by atoms with van der Waals surface area (Å²) in [5.74, 6) is -0.932. The number of benzene rings is 3. The number of nitrogens with one attached hydrogen (secondary N) is 1. The van der Waals surface area contributed by atoms with Gasteiger partial charge in [-0.3, -0.25) is 0 Å². The summed E-state index contributed by atoms with van der Waals surface area (Å²) in [6.07, 6.45) is 0. The van der Waals surface area contributed by atoms with E-state index in [-0.39, 0.29) is 5.56 Å². The van der Waals surface area contributed by atoms with Gasteiger partial charge in [0.1, 0.15) is 5.82 Å². The van der Waals surface area contributed by atoms with Crippen LogP contribution in [0.4, 0.5) is 4.39 Å². The molecule has 1 unspecified atom stereocenters. The van der Waals surface area contributed by atoms with Crippen LogP contribution in [0.3, 0.4) is 0 Å². The quantitative estimate of drug-likeness (QED) is 0.702. The van der Waals surface area contributed by atoms with Gasteiger partial charge in [-0.15, -0.1) is 0 Å². The minimum atomic E-state index is -3.75. The highest BCUT2D eigenvalue weighted by atomic mass is 32.2. The minimum Gasteiger partial charge on any atom is -0.212 e. The maximum Gasteiger partial charge on any atom is 0.216 e. The maximum atomic E-state index is 13.9. The number of hydrogen-bond donors (Lipinski definition) is 1. The third kappa shape index (κ3) is 4.56. The SMILES string of the molecule is Cc1ccc(C(NS(=O)(=O)Cc2ccccc2F)c2ccccc2)cc1. The van der Waals surface area contributed by atoms with Crippen LogP contribution >= 0.6 is 0 Å². The first-order valence-corrected chi connectivity index (χ1v) is 9.95. The fraction of sp³-hybridized carbons (Fsp3) is 0.143. The highest BCUT2D eigenvalue weighted by Crippen LogP contribution is 2.24. The summed E-state index contributed by atoms with van der Waals surface area (Å²) in [6.45, 7) is 1.98. The fourth-order valence-electron chi connectivity index (χ4n) is 2.77. The predicted octanol–water partition coefficient (Wildman–Crippen LogP) is 4.34. The van der Waals surface area contributed by atoms with E-state index in [4.69, 9.17) is 0 Å². The molecule has 26 heavy (non-hydrogen) atoms. The Morgan fingerprint density at radius 1 is 0.846 bits per heavy atom. The lowest BCUT2D eigenvalue weighted by Crippen LogP contribution is -2.30. The topological polar surface area (TPSA) is 46.2 Å². The lowest BCUT2D eigenvalue weighted by Gasteiger charge is -2.20. The molecule has 0 aliphatic carbocycles. The summed E-state index contributed by atoms with van der Waals surface area (Å²) in [4.78, 5) is 0. The molecule has 0 aliphatic heterocycles.